The second kappa shape index (κ2) is 4.25. The van der Waals surface area contributed by atoms with E-state index in [4.69, 9.17) is 0 Å². The van der Waals surface area contributed by atoms with E-state index in [2.05, 4.69) is 26.8 Å². The summed E-state index contributed by atoms with van der Waals surface area (Å²) < 4.78 is 0. The van der Waals surface area contributed by atoms with Gasteiger partial charge in [-0.2, -0.15) is 0 Å². The molecule has 18 heavy (non-hydrogen) atoms. The Kier molecular flexibility index (Phi) is 2.59. The number of hydrogen-bond donors (Lipinski definition) is 2. The van der Waals surface area contributed by atoms with Gasteiger partial charge in [0.05, 0.1) is 17.5 Å². The van der Waals surface area contributed by atoms with Crippen LogP contribution < -0.4 is 5.32 Å². The number of nitrogens with zero attached hydrogens (tertiary/aromatic N) is 2. The molecule has 3 rings (SSSR count). The van der Waals surface area contributed by atoms with E-state index in [1.807, 2.05) is 0 Å². The van der Waals surface area contributed by atoms with E-state index >= 15 is 0 Å². The number of amides is 1. The third-order valence-electron chi connectivity index (χ3n) is 3.05. The van der Waals surface area contributed by atoms with E-state index in [1.165, 1.54) is 12.8 Å². The lowest BCUT2D eigenvalue weighted by Gasteiger charge is -2.01. The molecule has 1 aliphatic rings. The SMILES string of the molecule is C=CCNC(=O)c1c[nH]c2ncc(C3CC3)nc12. The number of nitrogens with one attached hydrogen (secondary N) is 2. The van der Waals surface area contributed by atoms with Gasteiger partial charge in [-0.15, -0.1) is 6.58 Å². The molecule has 92 valence electrons. The molecule has 0 aliphatic heterocycles. The van der Waals surface area contributed by atoms with Crippen molar-refractivity contribution in [2.45, 2.75) is 18.8 Å². The highest BCUT2D eigenvalue weighted by Crippen LogP contribution is 2.39. The summed E-state index contributed by atoms with van der Waals surface area (Å²) in [7, 11) is 0. The highest BCUT2D eigenvalue weighted by Gasteiger charge is 2.26. The standard InChI is InChI=1S/C13H14N4O/c1-2-5-14-13(18)9-6-15-12-11(9)17-10(7-16-12)8-3-4-8/h2,6-8H,1,3-5H2,(H,14,18)(H,15,16). The van der Waals surface area contributed by atoms with Gasteiger partial charge < -0.3 is 10.3 Å². The fourth-order valence-corrected chi connectivity index (χ4v) is 1.91. The number of rotatable bonds is 4. The third kappa shape index (κ3) is 1.88. The molecular formula is C13H14N4O. The maximum Gasteiger partial charge on any atom is 0.255 e. The van der Waals surface area contributed by atoms with E-state index in [-0.39, 0.29) is 5.91 Å². The Balaban J connectivity index is 1.98. The first kappa shape index (κ1) is 11.0. The number of fused-ring (bicyclic) bond motifs is 1. The fraction of sp³-hybridized carbons (Fsp3) is 0.308. The van der Waals surface area contributed by atoms with Gasteiger partial charge in [0.2, 0.25) is 0 Å². The van der Waals surface area contributed by atoms with Gasteiger partial charge in [0, 0.05) is 18.7 Å². The van der Waals surface area contributed by atoms with Crippen LogP contribution >= 0.6 is 0 Å². The average molecular weight is 242 g/mol. The molecule has 1 amide bonds. The van der Waals surface area contributed by atoms with Crippen LogP contribution in [0.2, 0.25) is 0 Å². The molecule has 5 heteroatoms. The lowest BCUT2D eigenvalue weighted by molar-refractivity contribution is 0.0959. The topological polar surface area (TPSA) is 70.7 Å². The molecule has 0 bridgehead atoms. The summed E-state index contributed by atoms with van der Waals surface area (Å²) in [6.45, 7) is 4.02. The molecule has 5 nitrogen and oxygen atoms in total. The minimum Gasteiger partial charge on any atom is -0.348 e. The molecule has 0 atom stereocenters. The molecule has 0 radical (unpaired) electrons. The van der Waals surface area contributed by atoms with Gasteiger partial charge in [0.1, 0.15) is 5.52 Å². The first-order chi connectivity index (χ1) is 8.79. The van der Waals surface area contributed by atoms with Crippen LogP contribution in [0.5, 0.6) is 0 Å². The van der Waals surface area contributed by atoms with E-state index in [9.17, 15) is 4.79 Å². The highest BCUT2D eigenvalue weighted by atomic mass is 16.1. The van der Waals surface area contributed by atoms with Crippen LogP contribution in [-0.2, 0) is 0 Å². The second-order valence-corrected chi connectivity index (χ2v) is 4.47. The van der Waals surface area contributed by atoms with Crippen LogP contribution in [-0.4, -0.2) is 27.4 Å². The zero-order chi connectivity index (χ0) is 12.5. The Morgan fingerprint density at radius 1 is 1.61 bits per heavy atom. The van der Waals surface area contributed by atoms with Crippen molar-refractivity contribution in [3.05, 3.63) is 36.3 Å². The van der Waals surface area contributed by atoms with Crippen molar-refractivity contribution in [2.75, 3.05) is 6.54 Å². The number of hydrogen-bond acceptors (Lipinski definition) is 3. The predicted octanol–water partition coefficient (Wildman–Crippen LogP) is 1.75. The summed E-state index contributed by atoms with van der Waals surface area (Å²) in [5.41, 5.74) is 2.84. The normalized spacial score (nSPS) is 14.7. The molecule has 2 aromatic heterocycles. The van der Waals surface area contributed by atoms with Crippen molar-refractivity contribution >= 4 is 17.1 Å². The zero-order valence-corrected chi connectivity index (χ0v) is 9.94. The van der Waals surface area contributed by atoms with Crippen LogP contribution in [0, 0.1) is 0 Å². The first-order valence-corrected chi connectivity index (χ1v) is 6.02. The summed E-state index contributed by atoms with van der Waals surface area (Å²) >= 11 is 0. The monoisotopic (exact) mass is 242 g/mol. The van der Waals surface area contributed by atoms with Gasteiger partial charge >= 0.3 is 0 Å². The Morgan fingerprint density at radius 2 is 2.44 bits per heavy atom. The first-order valence-electron chi connectivity index (χ1n) is 6.02. The van der Waals surface area contributed by atoms with E-state index in [1.54, 1.807) is 18.5 Å². The number of aromatic amines is 1. The lowest BCUT2D eigenvalue weighted by Crippen LogP contribution is -2.23. The third-order valence-corrected chi connectivity index (χ3v) is 3.05. The minimum atomic E-state index is -0.150. The molecule has 1 fully saturated rings. The summed E-state index contributed by atoms with van der Waals surface area (Å²) in [4.78, 5) is 23.8. The van der Waals surface area contributed by atoms with Gasteiger partial charge in [0.15, 0.2) is 5.65 Å². The smallest absolute Gasteiger partial charge is 0.255 e. The summed E-state index contributed by atoms with van der Waals surface area (Å²) in [6, 6.07) is 0. The average Bonchev–Trinajstić information content (AvgIpc) is 3.15. The van der Waals surface area contributed by atoms with Crippen molar-refractivity contribution in [3.8, 4) is 0 Å². The fourth-order valence-electron chi connectivity index (χ4n) is 1.91. The van der Waals surface area contributed by atoms with Crippen molar-refractivity contribution in [2.24, 2.45) is 0 Å². The Bertz CT molecular complexity index is 612. The van der Waals surface area contributed by atoms with Crippen molar-refractivity contribution in [1.82, 2.24) is 20.3 Å². The molecule has 0 saturated heterocycles. The maximum absolute atomic E-state index is 11.9. The largest absolute Gasteiger partial charge is 0.348 e. The Labute approximate surface area is 104 Å². The molecule has 2 N–H and O–H groups in total. The second-order valence-electron chi connectivity index (χ2n) is 4.47. The maximum atomic E-state index is 11.9. The van der Waals surface area contributed by atoms with Gasteiger partial charge in [-0.25, -0.2) is 9.97 Å². The quantitative estimate of drug-likeness (QED) is 0.802. The van der Waals surface area contributed by atoms with E-state index in [0.29, 0.717) is 29.2 Å². The highest BCUT2D eigenvalue weighted by molar-refractivity contribution is 6.04. The van der Waals surface area contributed by atoms with Crippen LogP contribution in [0.3, 0.4) is 0 Å². The molecule has 0 spiro atoms. The Hall–Kier alpha value is -2.17. The van der Waals surface area contributed by atoms with Gasteiger partial charge in [-0.05, 0) is 12.8 Å². The van der Waals surface area contributed by atoms with E-state index < -0.39 is 0 Å². The van der Waals surface area contributed by atoms with Gasteiger partial charge in [0.25, 0.3) is 5.91 Å². The van der Waals surface area contributed by atoms with Crippen molar-refractivity contribution in [3.63, 3.8) is 0 Å². The molecule has 0 unspecified atom stereocenters. The summed E-state index contributed by atoms with van der Waals surface area (Å²) in [6.07, 6.45) is 7.43. The van der Waals surface area contributed by atoms with Crippen molar-refractivity contribution in [1.29, 1.82) is 0 Å². The molecular weight excluding hydrogens is 228 g/mol. The summed E-state index contributed by atoms with van der Waals surface area (Å²) in [5.74, 6) is 0.379. The van der Waals surface area contributed by atoms with Gasteiger partial charge in [-0.1, -0.05) is 6.08 Å². The van der Waals surface area contributed by atoms with E-state index in [0.717, 1.165) is 5.69 Å². The molecule has 1 aliphatic carbocycles. The number of carbonyl (C=O) groups excluding carboxylic acids is 1. The number of H-pyrrole nitrogens is 1. The molecule has 2 aromatic rings. The number of carbonyl (C=O) groups is 1. The Morgan fingerprint density at radius 3 is 3.17 bits per heavy atom. The van der Waals surface area contributed by atoms with Gasteiger partial charge in [-0.3, -0.25) is 4.79 Å². The molecule has 2 heterocycles. The van der Waals surface area contributed by atoms with Crippen LogP contribution in [0.4, 0.5) is 0 Å². The molecule has 0 aromatic carbocycles. The van der Waals surface area contributed by atoms with Crippen LogP contribution in [0.15, 0.2) is 25.0 Å². The minimum absolute atomic E-state index is 0.150. The lowest BCUT2D eigenvalue weighted by atomic mass is 10.2. The predicted molar refractivity (Wildman–Crippen MR) is 68.4 cm³/mol. The van der Waals surface area contributed by atoms with Crippen LogP contribution in [0.1, 0.15) is 34.8 Å². The number of aromatic nitrogens is 3. The van der Waals surface area contributed by atoms with Crippen molar-refractivity contribution < 1.29 is 4.79 Å². The van der Waals surface area contributed by atoms with Crippen LogP contribution in [0.25, 0.3) is 11.2 Å². The zero-order valence-electron chi connectivity index (χ0n) is 9.94. The molecule has 1 saturated carbocycles. The summed E-state index contributed by atoms with van der Waals surface area (Å²) in [5, 5.41) is 2.75.